The molecule has 1 aromatic heterocycles. The highest BCUT2D eigenvalue weighted by atomic mass is 35.5. The van der Waals surface area contributed by atoms with Gasteiger partial charge in [0.05, 0.1) is 12.8 Å². The summed E-state index contributed by atoms with van der Waals surface area (Å²) >= 11 is 5.87. The summed E-state index contributed by atoms with van der Waals surface area (Å²) in [6.45, 7) is 5.36. The summed E-state index contributed by atoms with van der Waals surface area (Å²) in [6.07, 6.45) is 0. The Kier molecular flexibility index (Phi) is 5.56. The number of nitrogens with one attached hydrogen (secondary N) is 1. The fourth-order valence-electron chi connectivity index (χ4n) is 2.14. The first-order chi connectivity index (χ1) is 11.3. The van der Waals surface area contributed by atoms with E-state index in [2.05, 4.69) is 15.4 Å². The Morgan fingerprint density at radius 2 is 1.88 bits per heavy atom. The first kappa shape index (κ1) is 17.9. The van der Waals surface area contributed by atoms with Crippen molar-refractivity contribution in [2.45, 2.75) is 26.8 Å². The van der Waals surface area contributed by atoms with Crippen LogP contribution in [-0.4, -0.2) is 39.8 Å². The number of amides is 1. The molecule has 2 aromatic rings. The lowest BCUT2D eigenvalue weighted by Gasteiger charge is -2.18. The second kappa shape index (κ2) is 7.44. The third-order valence-electron chi connectivity index (χ3n) is 3.45. The van der Waals surface area contributed by atoms with Crippen LogP contribution in [0.3, 0.4) is 0 Å². The third-order valence-corrected chi connectivity index (χ3v) is 3.70. The predicted molar refractivity (Wildman–Crippen MR) is 89.2 cm³/mol. The van der Waals surface area contributed by atoms with Gasteiger partial charge in [-0.3, -0.25) is 4.79 Å². The molecule has 0 aliphatic rings. The molecule has 1 amide bonds. The van der Waals surface area contributed by atoms with Crippen LogP contribution in [-0.2, 0) is 9.53 Å². The maximum Gasteiger partial charge on any atom is 0.328 e. The van der Waals surface area contributed by atoms with Gasteiger partial charge in [-0.1, -0.05) is 25.4 Å². The minimum Gasteiger partial charge on any atom is -0.467 e. The number of aromatic nitrogens is 3. The number of methoxy groups -OCH3 is 1. The largest absolute Gasteiger partial charge is 0.467 e. The summed E-state index contributed by atoms with van der Waals surface area (Å²) in [6, 6.07) is 6.24. The Morgan fingerprint density at radius 3 is 2.42 bits per heavy atom. The van der Waals surface area contributed by atoms with Crippen molar-refractivity contribution in [3.63, 3.8) is 0 Å². The minimum absolute atomic E-state index is 0.0167. The van der Waals surface area contributed by atoms with E-state index in [4.69, 9.17) is 16.3 Å². The number of esters is 1. The van der Waals surface area contributed by atoms with Crippen molar-refractivity contribution in [3.05, 3.63) is 40.9 Å². The van der Waals surface area contributed by atoms with Gasteiger partial charge in [-0.15, -0.1) is 5.10 Å². The van der Waals surface area contributed by atoms with Crippen molar-refractivity contribution in [2.75, 3.05) is 7.11 Å². The van der Waals surface area contributed by atoms with E-state index in [1.165, 1.54) is 11.8 Å². The molecule has 0 unspecified atom stereocenters. The molecule has 0 radical (unpaired) electrons. The number of carbonyl (C=O) groups is 2. The van der Waals surface area contributed by atoms with Gasteiger partial charge in [0, 0.05) is 5.02 Å². The number of halogens is 1. The average molecular weight is 351 g/mol. The maximum atomic E-state index is 12.4. The van der Waals surface area contributed by atoms with Gasteiger partial charge < -0.3 is 10.1 Å². The quantitative estimate of drug-likeness (QED) is 0.835. The summed E-state index contributed by atoms with van der Waals surface area (Å²) in [4.78, 5) is 28.3. The molecule has 1 atom stereocenters. The Labute approximate surface area is 145 Å². The van der Waals surface area contributed by atoms with Crippen LogP contribution in [0, 0.1) is 12.8 Å². The molecule has 2 rings (SSSR count). The molecule has 0 bridgehead atoms. The lowest BCUT2D eigenvalue weighted by molar-refractivity contribution is -0.144. The van der Waals surface area contributed by atoms with Crippen LogP contribution < -0.4 is 5.32 Å². The van der Waals surface area contributed by atoms with Crippen molar-refractivity contribution in [1.29, 1.82) is 0 Å². The molecule has 0 saturated heterocycles. The summed E-state index contributed by atoms with van der Waals surface area (Å²) in [7, 11) is 1.28. The molecule has 0 saturated carbocycles. The van der Waals surface area contributed by atoms with Crippen molar-refractivity contribution >= 4 is 23.5 Å². The highest BCUT2D eigenvalue weighted by Crippen LogP contribution is 2.14. The number of rotatable bonds is 5. The molecule has 0 aliphatic heterocycles. The highest BCUT2D eigenvalue weighted by Gasteiger charge is 2.27. The lowest BCUT2D eigenvalue weighted by Crippen LogP contribution is -2.45. The van der Waals surface area contributed by atoms with E-state index in [1.807, 2.05) is 13.8 Å². The zero-order valence-electron chi connectivity index (χ0n) is 13.9. The van der Waals surface area contributed by atoms with E-state index in [0.717, 1.165) is 5.69 Å². The van der Waals surface area contributed by atoms with Crippen LogP contribution in [0.2, 0.25) is 5.02 Å². The van der Waals surface area contributed by atoms with E-state index in [9.17, 15) is 9.59 Å². The lowest BCUT2D eigenvalue weighted by atomic mass is 10.0. The van der Waals surface area contributed by atoms with Gasteiger partial charge in [-0.25, -0.2) is 14.5 Å². The molecule has 0 spiro atoms. The van der Waals surface area contributed by atoms with Crippen LogP contribution in [0.1, 0.15) is 30.3 Å². The molecule has 1 heterocycles. The topological polar surface area (TPSA) is 86.1 Å². The molecule has 8 heteroatoms. The van der Waals surface area contributed by atoms with Crippen LogP contribution in [0.5, 0.6) is 0 Å². The summed E-state index contributed by atoms with van der Waals surface area (Å²) in [5.41, 5.74) is 0.733. The second-order valence-corrected chi connectivity index (χ2v) is 6.03. The highest BCUT2D eigenvalue weighted by molar-refractivity contribution is 6.30. The monoisotopic (exact) mass is 350 g/mol. The van der Waals surface area contributed by atoms with Gasteiger partial charge in [-0.2, -0.15) is 0 Å². The third kappa shape index (κ3) is 3.91. The number of benzene rings is 1. The zero-order chi connectivity index (χ0) is 17.9. The number of ether oxygens (including phenoxy) is 1. The molecule has 0 fully saturated rings. The normalized spacial score (nSPS) is 12.1. The van der Waals surface area contributed by atoms with E-state index < -0.39 is 17.9 Å². The Balaban J connectivity index is 2.23. The number of carbonyl (C=O) groups excluding carboxylic acids is 2. The van der Waals surface area contributed by atoms with E-state index in [0.29, 0.717) is 10.8 Å². The fraction of sp³-hybridized carbons (Fsp3) is 0.375. The smallest absolute Gasteiger partial charge is 0.328 e. The average Bonchev–Trinajstić information content (AvgIpc) is 2.94. The van der Waals surface area contributed by atoms with Gasteiger partial charge in [0.2, 0.25) is 5.82 Å². The molecule has 0 aliphatic carbocycles. The second-order valence-electron chi connectivity index (χ2n) is 5.59. The molecule has 128 valence electrons. The molecule has 24 heavy (non-hydrogen) atoms. The van der Waals surface area contributed by atoms with Crippen molar-refractivity contribution in [2.24, 2.45) is 5.92 Å². The first-order valence-electron chi connectivity index (χ1n) is 7.41. The molecule has 1 aromatic carbocycles. The number of aryl methyl sites for hydroxylation is 1. The Morgan fingerprint density at radius 1 is 1.25 bits per heavy atom. The van der Waals surface area contributed by atoms with Gasteiger partial charge in [0.25, 0.3) is 5.91 Å². The van der Waals surface area contributed by atoms with Crippen molar-refractivity contribution in [1.82, 2.24) is 20.1 Å². The molecule has 7 nitrogen and oxygen atoms in total. The zero-order valence-corrected chi connectivity index (χ0v) is 14.7. The Hall–Kier alpha value is -2.41. The van der Waals surface area contributed by atoms with Gasteiger partial charge in [-0.05, 0) is 37.1 Å². The molecular formula is C16H19ClN4O3. The standard InChI is InChI=1S/C16H19ClN4O3/c1-9(2)13(16(23)24-4)19-15(22)14-18-10(3)21(20-14)12-7-5-11(17)6-8-12/h5-9,13H,1-4H3,(H,19,22)/t13-/m1/s1. The minimum atomic E-state index is -0.759. The van der Waals surface area contributed by atoms with Crippen LogP contribution in [0.25, 0.3) is 5.69 Å². The summed E-state index contributed by atoms with van der Waals surface area (Å²) < 4.78 is 6.24. The van der Waals surface area contributed by atoms with E-state index in [1.54, 1.807) is 31.2 Å². The predicted octanol–water partition coefficient (Wildman–Crippen LogP) is 2.16. The number of hydrogen-bond donors (Lipinski definition) is 1. The summed E-state index contributed by atoms with van der Waals surface area (Å²) in [5, 5.41) is 7.42. The van der Waals surface area contributed by atoms with Gasteiger partial charge in [0.1, 0.15) is 11.9 Å². The van der Waals surface area contributed by atoms with Crippen LogP contribution in [0.15, 0.2) is 24.3 Å². The van der Waals surface area contributed by atoms with Crippen LogP contribution in [0.4, 0.5) is 0 Å². The number of hydrogen-bond acceptors (Lipinski definition) is 5. The number of nitrogens with zero attached hydrogens (tertiary/aromatic N) is 3. The fourth-order valence-corrected chi connectivity index (χ4v) is 2.27. The maximum absolute atomic E-state index is 12.4. The van der Waals surface area contributed by atoms with Gasteiger partial charge >= 0.3 is 5.97 Å². The van der Waals surface area contributed by atoms with E-state index >= 15 is 0 Å². The summed E-state index contributed by atoms with van der Waals surface area (Å²) in [5.74, 6) is -0.637. The Bertz CT molecular complexity index is 740. The molecule has 1 N–H and O–H groups in total. The first-order valence-corrected chi connectivity index (χ1v) is 7.79. The van der Waals surface area contributed by atoms with Gasteiger partial charge in [0.15, 0.2) is 0 Å². The molecular weight excluding hydrogens is 332 g/mol. The van der Waals surface area contributed by atoms with Crippen LogP contribution >= 0.6 is 11.6 Å². The van der Waals surface area contributed by atoms with E-state index in [-0.39, 0.29) is 11.7 Å². The SMILES string of the molecule is COC(=O)[C@H](NC(=O)c1nc(C)n(-c2ccc(Cl)cc2)n1)C(C)C. The van der Waals surface area contributed by atoms with Crippen molar-refractivity contribution in [3.8, 4) is 5.69 Å². The van der Waals surface area contributed by atoms with Crippen molar-refractivity contribution < 1.29 is 14.3 Å².